The van der Waals surface area contributed by atoms with Crippen LogP contribution in [0.3, 0.4) is 0 Å². The largest absolute Gasteiger partial charge is 0.494 e. The van der Waals surface area contributed by atoms with Gasteiger partial charge in [0, 0.05) is 23.7 Å². The Bertz CT molecular complexity index is 484. The fourth-order valence-electron chi connectivity index (χ4n) is 3.01. The number of rotatable bonds is 5. The van der Waals surface area contributed by atoms with Crippen LogP contribution in [-0.2, 0) is 6.54 Å². The third-order valence-electron chi connectivity index (χ3n) is 4.33. The van der Waals surface area contributed by atoms with Gasteiger partial charge in [-0.1, -0.05) is 12.8 Å². The van der Waals surface area contributed by atoms with Gasteiger partial charge in [-0.25, -0.2) is 0 Å². The van der Waals surface area contributed by atoms with Gasteiger partial charge in [-0.15, -0.1) is 0 Å². The summed E-state index contributed by atoms with van der Waals surface area (Å²) >= 11 is 0. The van der Waals surface area contributed by atoms with E-state index in [4.69, 9.17) is 4.74 Å². The lowest BCUT2D eigenvalue weighted by Gasteiger charge is -2.27. The Morgan fingerprint density at radius 3 is 2.86 bits per heavy atom. The molecule has 0 saturated carbocycles. The van der Waals surface area contributed by atoms with E-state index >= 15 is 0 Å². The lowest BCUT2D eigenvalue weighted by Crippen LogP contribution is -2.32. The van der Waals surface area contributed by atoms with Crippen molar-refractivity contribution in [2.45, 2.75) is 59.0 Å². The summed E-state index contributed by atoms with van der Waals surface area (Å²) in [4.78, 5) is 14.1. The predicted octanol–water partition coefficient (Wildman–Crippen LogP) is 4.05. The van der Waals surface area contributed by atoms with Crippen molar-refractivity contribution in [2.24, 2.45) is 0 Å². The van der Waals surface area contributed by atoms with Crippen LogP contribution in [0, 0.1) is 0 Å². The standard InChI is InChI=1S/C18H27NO2/c1-4-21-18-10-9-16(15(3)20)12-17(18)13-19-11-7-5-6-8-14(19)2/h9-10,12,14H,4-8,11,13H2,1-3H3. The van der Waals surface area contributed by atoms with Crippen molar-refractivity contribution in [1.29, 1.82) is 0 Å². The normalized spacial score (nSPS) is 20.0. The highest BCUT2D eigenvalue weighted by atomic mass is 16.5. The number of benzene rings is 1. The molecule has 1 aromatic rings. The van der Waals surface area contributed by atoms with Crippen molar-refractivity contribution in [1.82, 2.24) is 4.90 Å². The molecule has 1 atom stereocenters. The van der Waals surface area contributed by atoms with E-state index in [0.29, 0.717) is 12.6 Å². The van der Waals surface area contributed by atoms with Crippen LogP contribution in [0.25, 0.3) is 0 Å². The van der Waals surface area contributed by atoms with E-state index in [-0.39, 0.29) is 5.78 Å². The van der Waals surface area contributed by atoms with E-state index in [1.165, 1.54) is 25.7 Å². The maximum atomic E-state index is 11.6. The predicted molar refractivity (Wildman–Crippen MR) is 86.0 cm³/mol. The lowest BCUT2D eigenvalue weighted by molar-refractivity contribution is 0.101. The Morgan fingerprint density at radius 1 is 1.33 bits per heavy atom. The molecule has 0 aliphatic carbocycles. The average molecular weight is 289 g/mol. The molecule has 1 fully saturated rings. The molecule has 3 heteroatoms. The summed E-state index contributed by atoms with van der Waals surface area (Å²) in [6, 6.07) is 6.41. The van der Waals surface area contributed by atoms with Crippen molar-refractivity contribution in [3.63, 3.8) is 0 Å². The van der Waals surface area contributed by atoms with E-state index in [2.05, 4.69) is 11.8 Å². The second kappa shape index (κ2) is 7.60. The van der Waals surface area contributed by atoms with Crippen LogP contribution in [0.4, 0.5) is 0 Å². The molecule has 1 saturated heterocycles. The first kappa shape index (κ1) is 16.0. The van der Waals surface area contributed by atoms with Gasteiger partial charge in [0.25, 0.3) is 0 Å². The molecule has 0 N–H and O–H groups in total. The van der Waals surface area contributed by atoms with Crippen LogP contribution in [0.15, 0.2) is 18.2 Å². The smallest absolute Gasteiger partial charge is 0.159 e. The molecular formula is C18H27NO2. The van der Waals surface area contributed by atoms with Gasteiger partial charge < -0.3 is 4.74 Å². The van der Waals surface area contributed by atoms with Gasteiger partial charge >= 0.3 is 0 Å². The van der Waals surface area contributed by atoms with Gasteiger partial charge in [0.2, 0.25) is 0 Å². The van der Waals surface area contributed by atoms with Gasteiger partial charge in [0.15, 0.2) is 5.78 Å². The Kier molecular flexibility index (Phi) is 5.80. The number of carbonyl (C=O) groups excluding carboxylic acids is 1. The molecule has 2 rings (SSSR count). The fraction of sp³-hybridized carbons (Fsp3) is 0.611. The minimum absolute atomic E-state index is 0.114. The number of ether oxygens (including phenoxy) is 1. The highest BCUT2D eigenvalue weighted by Gasteiger charge is 2.19. The van der Waals surface area contributed by atoms with E-state index in [0.717, 1.165) is 30.0 Å². The molecule has 0 bridgehead atoms. The zero-order valence-corrected chi connectivity index (χ0v) is 13.5. The Balaban J connectivity index is 2.22. The second-order valence-corrected chi connectivity index (χ2v) is 5.98. The van der Waals surface area contributed by atoms with E-state index < -0.39 is 0 Å². The number of nitrogens with zero attached hydrogens (tertiary/aromatic N) is 1. The minimum atomic E-state index is 0.114. The van der Waals surface area contributed by atoms with E-state index in [1.807, 2.05) is 25.1 Å². The Morgan fingerprint density at radius 2 is 2.14 bits per heavy atom. The molecule has 0 aromatic heterocycles. The summed E-state index contributed by atoms with van der Waals surface area (Å²) in [5.41, 5.74) is 1.91. The van der Waals surface area contributed by atoms with Crippen molar-refractivity contribution >= 4 is 5.78 Å². The van der Waals surface area contributed by atoms with E-state index in [1.54, 1.807) is 6.92 Å². The van der Waals surface area contributed by atoms with Crippen LogP contribution in [0.2, 0.25) is 0 Å². The van der Waals surface area contributed by atoms with Crippen LogP contribution in [-0.4, -0.2) is 29.9 Å². The van der Waals surface area contributed by atoms with Crippen LogP contribution in [0.1, 0.15) is 62.4 Å². The van der Waals surface area contributed by atoms with Gasteiger partial charge in [-0.05, 0) is 58.4 Å². The molecule has 21 heavy (non-hydrogen) atoms. The van der Waals surface area contributed by atoms with Crippen molar-refractivity contribution in [3.05, 3.63) is 29.3 Å². The van der Waals surface area contributed by atoms with Gasteiger partial charge in [0.1, 0.15) is 5.75 Å². The third-order valence-corrected chi connectivity index (χ3v) is 4.33. The molecule has 116 valence electrons. The first-order valence-electron chi connectivity index (χ1n) is 8.12. The molecule has 0 radical (unpaired) electrons. The number of Topliss-reactive ketones (excluding diaryl/α,β-unsaturated/α-hetero) is 1. The number of ketones is 1. The van der Waals surface area contributed by atoms with Gasteiger partial charge in [-0.2, -0.15) is 0 Å². The Hall–Kier alpha value is -1.35. The molecule has 1 aliphatic rings. The van der Waals surface area contributed by atoms with E-state index in [9.17, 15) is 4.79 Å². The number of carbonyl (C=O) groups is 1. The zero-order valence-electron chi connectivity index (χ0n) is 13.5. The number of likely N-dealkylation sites (tertiary alicyclic amines) is 1. The number of hydrogen-bond donors (Lipinski definition) is 0. The topological polar surface area (TPSA) is 29.5 Å². The summed E-state index contributed by atoms with van der Waals surface area (Å²) < 4.78 is 5.74. The van der Waals surface area contributed by atoms with Crippen molar-refractivity contribution in [3.8, 4) is 5.75 Å². The quantitative estimate of drug-likeness (QED) is 0.766. The summed E-state index contributed by atoms with van der Waals surface area (Å²) in [7, 11) is 0. The number of hydrogen-bond acceptors (Lipinski definition) is 3. The lowest BCUT2D eigenvalue weighted by atomic mass is 10.1. The molecule has 1 aromatic carbocycles. The SMILES string of the molecule is CCOc1ccc(C(C)=O)cc1CN1CCCCCC1C. The molecular weight excluding hydrogens is 262 g/mol. The molecule has 1 heterocycles. The Labute approximate surface area is 128 Å². The molecule has 1 aliphatic heterocycles. The molecule has 0 amide bonds. The van der Waals surface area contributed by atoms with Crippen LogP contribution < -0.4 is 4.74 Å². The third kappa shape index (κ3) is 4.31. The van der Waals surface area contributed by atoms with Gasteiger partial charge in [-0.3, -0.25) is 9.69 Å². The first-order valence-corrected chi connectivity index (χ1v) is 8.12. The molecule has 1 unspecified atom stereocenters. The summed E-state index contributed by atoms with van der Waals surface area (Å²) in [5.74, 6) is 1.03. The average Bonchev–Trinajstić information content (AvgIpc) is 2.66. The maximum absolute atomic E-state index is 11.6. The van der Waals surface area contributed by atoms with Gasteiger partial charge in [0.05, 0.1) is 6.61 Å². The fourth-order valence-corrected chi connectivity index (χ4v) is 3.01. The maximum Gasteiger partial charge on any atom is 0.159 e. The van der Waals surface area contributed by atoms with Crippen LogP contribution >= 0.6 is 0 Å². The van der Waals surface area contributed by atoms with Crippen LogP contribution in [0.5, 0.6) is 5.75 Å². The highest BCUT2D eigenvalue weighted by molar-refractivity contribution is 5.94. The highest BCUT2D eigenvalue weighted by Crippen LogP contribution is 2.25. The summed E-state index contributed by atoms with van der Waals surface area (Å²) in [5, 5.41) is 0. The molecule has 0 spiro atoms. The van der Waals surface area contributed by atoms with Crippen molar-refractivity contribution < 1.29 is 9.53 Å². The first-order chi connectivity index (χ1) is 10.1. The zero-order chi connectivity index (χ0) is 15.2. The summed E-state index contributed by atoms with van der Waals surface area (Å²) in [6.07, 6.45) is 5.17. The summed E-state index contributed by atoms with van der Waals surface area (Å²) in [6.45, 7) is 8.59. The molecule has 3 nitrogen and oxygen atoms in total. The van der Waals surface area contributed by atoms with Crippen molar-refractivity contribution in [2.75, 3.05) is 13.2 Å². The minimum Gasteiger partial charge on any atom is -0.494 e. The monoisotopic (exact) mass is 289 g/mol. The second-order valence-electron chi connectivity index (χ2n) is 5.98.